The van der Waals surface area contributed by atoms with Gasteiger partial charge >= 0.3 is 5.97 Å². The lowest BCUT2D eigenvalue weighted by molar-refractivity contribution is -0.123. The van der Waals surface area contributed by atoms with Crippen molar-refractivity contribution in [2.75, 3.05) is 11.9 Å². The third-order valence-corrected chi connectivity index (χ3v) is 4.49. The van der Waals surface area contributed by atoms with Crippen LogP contribution in [0.15, 0.2) is 48.5 Å². The van der Waals surface area contributed by atoms with Crippen LogP contribution in [0.5, 0.6) is 5.75 Å². The largest absolute Gasteiger partial charge is 0.484 e. The number of hydrogen-bond donors (Lipinski definition) is 2. The quantitative estimate of drug-likeness (QED) is 0.631. The van der Waals surface area contributed by atoms with Crippen LogP contribution >= 0.6 is 0 Å². The van der Waals surface area contributed by atoms with Crippen LogP contribution in [0.1, 0.15) is 49.0 Å². The Bertz CT molecular complexity index is 864. The van der Waals surface area contributed by atoms with Gasteiger partial charge in [0.25, 0.3) is 11.8 Å². The number of hydrogen-bond acceptors (Lipinski definition) is 5. The van der Waals surface area contributed by atoms with E-state index >= 15 is 0 Å². The van der Waals surface area contributed by atoms with E-state index in [1.165, 1.54) is 31.2 Å². The molecule has 0 saturated heterocycles. The van der Waals surface area contributed by atoms with E-state index in [0.717, 1.165) is 12.0 Å². The Morgan fingerprint density at radius 1 is 1.03 bits per heavy atom. The van der Waals surface area contributed by atoms with Crippen molar-refractivity contribution in [3.05, 3.63) is 59.7 Å². The van der Waals surface area contributed by atoms with Gasteiger partial charge in [-0.25, -0.2) is 4.79 Å². The Balaban J connectivity index is 1.97. The van der Waals surface area contributed by atoms with Crippen molar-refractivity contribution < 1.29 is 23.9 Å². The van der Waals surface area contributed by atoms with Gasteiger partial charge in [0.05, 0.1) is 5.56 Å². The van der Waals surface area contributed by atoms with Crippen LogP contribution in [-0.2, 0) is 14.3 Å². The van der Waals surface area contributed by atoms with Crippen molar-refractivity contribution in [3.8, 4) is 5.75 Å². The van der Waals surface area contributed by atoms with Gasteiger partial charge in [-0.05, 0) is 55.2 Å². The van der Waals surface area contributed by atoms with Gasteiger partial charge in [0, 0.05) is 5.69 Å². The molecule has 154 valence electrons. The molecule has 0 heterocycles. The van der Waals surface area contributed by atoms with Gasteiger partial charge in [-0.15, -0.1) is 0 Å². The lowest BCUT2D eigenvalue weighted by atomic mass is 9.97. The fraction of sp³-hybridized carbons (Fsp3) is 0.318. The summed E-state index contributed by atoms with van der Waals surface area (Å²) >= 11 is 0. The normalized spacial score (nSPS) is 12.5. The van der Waals surface area contributed by atoms with E-state index in [4.69, 9.17) is 15.2 Å². The summed E-state index contributed by atoms with van der Waals surface area (Å²) in [6.45, 7) is 5.44. The summed E-state index contributed by atoms with van der Waals surface area (Å²) in [5, 5.41) is 2.84. The lowest BCUT2D eigenvalue weighted by Gasteiger charge is -2.18. The second-order valence-corrected chi connectivity index (χ2v) is 6.71. The first-order valence-corrected chi connectivity index (χ1v) is 9.43. The molecule has 7 heteroatoms. The van der Waals surface area contributed by atoms with E-state index in [1.807, 2.05) is 24.3 Å². The van der Waals surface area contributed by atoms with Gasteiger partial charge < -0.3 is 20.5 Å². The van der Waals surface area contributed by atoms with Crippen molar-refractivity contribution in [1.82, 2.24) is 0 Å². The van der Waals surface area contributed by atoms with Crippen molar-refractivity contribution in [2.24, 2.45) is 5.73 Å². The predicted octanol–water partition coefficient (Wildman–Crippen LogP) is 3.25. The highest BCUT2D eigenvalue weighted by Gasteiger charge is 2.20. The molecule has 2 atom stereocenters. The number of amides is 2. The van der Waals surface area contributed by atoms with Gasteiger partial charge in [0.2, 0.25) is 0 Å². The van der Waals surface area contributed by atoms with Crippen LogP contribution in [0, 0.1) is 0 Å². The van der Waals surface area contributed by atoms with Gasteiger partial charge in [0.15, 0.2) is 12.7 Å². The molecule has 7 nitrogen and oxygen atoms in total. The maximum atomic E-state index is 12.5. The number of carbonyl (C=O) groups is 3. The highest BCUT2D eigenvalue weighted by atomic mass is 16.5. The highest BCUT2D eigenvalue weighted by Crippen LogP contribution is 2.26. The average molecular weight is 398 g/mol. The second-order valence-electron chi connectivity index (χ2n) is 6.71. The predicted molar refractivity (Wildman–Crippen MR) is 110 cm³/mol. The molecule has 2 aromatic carbocycles. The molecule has 0 radical (unpaired) electrons. The Kier molecular flexibility index (Phi) is 7.77. The molecule has 0 aliphatic rings. The summed E-state index contributed by atoms with van der Waals surface area (Å²) in [6, 6.07) is 13.6. The van der Waals surface area contributed by atoms with Crippen LogP contribution in [0.3, 0.4) is 0 Å². The van der Waals surface area contributed by atoms with E-state index in [9.17, 15) is 14.4 Å². The summed E-state index contributed by atoms with van der Waals surface area (Å²) in [7, 11) is 0. The highest BCUT2D eigenvalue weighted by molar-refractivity contribution is 5.97. The minimum atomic E-state index is -0.974. The van der Waals surface area contributed by atoms with Gasteiger partial charge in [0.1, 0.15) is 5.75 Å². The number of para-hydroxylation sites is 1. The first-order valence-electron chi connectivity index (χ1n) is 9.43. The summed E-state index contributed by atoms with van der Waals surface area (Å²) in [4.78, 5) is 35.5. The third kappa shape index (κ3) is 6.34. The second kappa shape index (κ2) is 10.3. The summed E-state index contributed by atoms with van der Waals surface area (Å²) in [5.74, 6) is -0.949. The fourth-order valence-corrected chi connectivity index (χ4v) is 2.62. The van der Waals surface area contributed by atoms with E-state index in [1.54, 1.807) is 0 Å². The van der Waals surface area contributed by atoms with Crippen LogP contribution in [0.2, 0.25) is 0 Å². The molecule has 0 unspecified atom stereocenters. The van der Waals surface area contributed by atoms with Crippen LogP contribution in [0.4, 0.5) is 5.69 Å². The molecule has 0 aliphatic carbocycles. The van der Waals surface area contributed by atoms with E-state index in [-0.39, 0.29) is 12.2 Å². The number of carbonyl (C=O) groups excluding carboxylic acids is 3. The first-order chi connectivity index (χ1) is 13.8. The number of esters is 1. The zero-order valence-corrected chi connectivity index (χ0v) is 16.8. The first kappa shape index (κ1) is 21.9. The maximum absolute atomic E-state index is 12.5. The van der Waals surface area contributed by atoms with Crippen molar-refractivity contribution in [3.63, 3.8) is 0 Å². The fourth-order valence-electron chi connectivity index (χ4n) is 2.62. The minimum Gasteiger partial charge on any atom is -0.484 e. The maximum Gasteiger partial charge on any atom is 0.338 e. The molecule has 2 aromatic rings. The van der Waals surface area contributed by atoms with Crippen molar-refractivity contribution in [2.45, 2.75) is 39.2 Å². The van der Waals surface area contributed by atoms with Crippen molar-refractivity contribution >= 4 is 23.5 Å². The molecule has 0 bridgehead atoms. The zero-order chi connectivity index (χ0) is 21.4. The standard InChI is InChI=1S/C22H26N2O5/c1-4-14(2)18-7-5-6-8-19(18)24-21(26)15(3)29-22(27)16-9-11-17(12-10-16)28-13-20(23)25/h5-12,14-15H,4,13H2,1-3H3,(H2,23,25)(H,24,26)/t14-,15+/m0/s1. The van der Waals surface area contributed by atoms with E-state index in [2.05, 4.69) is 19.2 Å². The summed E-state index contributed by atoms with van der Waals surface area (Å²) in [5.41, 5.74) is 7.02. The van der Waals surface area contributed by atoms with Crippen LogP contribution in [0.25, 0.3) is 0 Å². The monoisotopic (exact) mass is 398 g/mol. The molecule has 2 amide bonds. The third-order valence-electron chi connectivity index (χ3n) is 4.49. The van der Waals surface area contributed by atoms with E-state index < -0.39 is 23.9 Å². The number of nitrogens with two attached hydrogens (primary N) is 1. The van der Waals surface area contributed by atoms with Crippen molar-refractivity contribution in [1.29, 1.82) is 0 Å². The van der Waals surface area contributed by atoms with Crippen LogP contribution in [-0.4, -0.2) is 30.5 Å². The Hall–Kier alpha value is -3.35. The minimum absolute atomic E-state index is 0.251. The van der Waals surface area contributed by atoms with E-state index in [0.29, 0.717) is 17.4 Å². The molecular weight excluding hydrogens is 372 g/mol. The van der Waals surface area contributed by atoms with Gasteiger partial charge in [-0.2, -0.15) is 0 Å². The van der Waals surface area contributed by atoms with Crippen LogP contribution < -0.4 is 15.8 Å². The molecule has 3 N–H and O–H groups in total. The Morgan fingerprint density at radius 3 is 2.31 bits per heavy atom. The number of primary amides is 1. The average Bonchev–Trinajstić information content (AvgIpc) is 2.72. The molecule has 0 saturated carbocycles. The topological polar surface area (TPSA) is 108 Å². The molecule has 0 spiro atoms. The Morgan fingerprint density at radius 2 is 1.69 bits per heavy atom. The summed E-state index contributed by atoms with van der Waals surface area (Å²) < 4.78 is 10.4. The zero-order valence-electron chi connectivity index (χ0n) is 16.8. The number of ether oxygens (including phenoxy) is 2. The SMILES string of the molecule is CC[C@H](C)c1ccccc1NC(=O)[C@@H](C)OC(=O)c1ccc(OCC(N)=O)cc1. The summed E-state index contributed by atoms with van der Waals surface area (Å²) in [6.07, 6.45) is -0.0328. The molecular formula is C22H26N2O5. The van der Waals surface area contributed by atoms with Gasteiger partial charge in [-0.3, -0.25) is 9.59 Å². The molecule has 0 aliphatic heterocycles. The smallest absolute Gasteiger partial charge is 0.338 e. The Labute approximate surface area is 170 Å². The molecule has 2 rings (SSSR count). The molecule has 29 heavy (non-hydrogen) atoms. The number of nitrogens with one attached hydrogen (secondary N) is 1. The number of benzene rings is 2. The molecule has 0 aromatic heterocycles. The molecule has 0 fully saturated rings. The lowest BCUT2D eigenvalue weighted by Crippen LogP contribution is -2.30. The number of anilines is 1. The number of rotatable bonds is 9. The van der Waals surface area contributed by atoms with Gasteiger partial charge in [-0.1, -0.05) is 32.0 Å².